The molecule has 3 rings (SSSR count). The van der Waals surface area contributed by atoms with Gasteiger partial charge in [0.15, 0.2) is 5.82 Å². The number of ether oxygens (including phenoxy) is 2. The molecule has 0 spiro atoms. The van der Waals surface area contributed by atoms with Crippen molar-refractivity contribution in [1.29, 1.82) is 0 Å². The highest BCUT2D eigenvalue weighted by molar-refractivity contribution is 5.91. The topological polar surface area (TPSA) is 63.5 Å². The molecule has 3 aromatic rings. The third kappa shape index (κ3) is 8.48. The van der Waals surface area contributed by atoms with Crippen molar-refractivity contribution in [3.8, 4) is 11.5 Å². The number of halogens is 1. The zero-order chi connectivity index (χ0) is 25.8. The fraction of sp³-hybridized carbons (Fsp3) is 0.345. The number of unbranched alkanes of at least 4 members (excludes halogenated alkanes) is 5. The van der Waals surface area contributed by atoms with E-state index in [9.17, 15) is 9.18 Å². The third-order valence-electron chi connectivity index (χ3n) is 5.63. The molecule has 6 nitrogen and oxygen atoms in total. The number of carbonyl (C=O) groups is 1. The lowest BCUT2D eigenvalue weighted by Crippen LogP contribution is -2.08. The van der Waals surface area contributed by atoms with E-state index in [-0.39, 0.29) is 11.4 Å². The zero-order valence-electron chi connectivity index (χ0n) is 21.2. The van der Waals surface area contributed by atoms with Gasteiger partial charge in [-0.15, -0.1) is 5.11 Å². The summed E-state index contributed by atoms with van der Waals surface area (Å²) in [5, 5.41) is 8.04. The van der Waals surface area contributed by atoms with Crippen LogP contribution < -0.4 is 14.4 Å². The smallest absolute Gasteiger partial charge is 0.343 e. The molecule has 7 heteroatoms. The molecule has 0 aliphatic heterocycles. The van der Waals surface area contributed by atoms with Gasteiger partial charge in [-0.2, -0.15) is 5.11 Å². The number of azo groups is 1. The highest BCUT2D eigenvalue weighted by Crippen LogP contribution is 2.27. The average molecular weight is 492 g/mol. The minimum atomic E-state index is -0.632. The summed E-state index contributed by atoms with van der Waals surface area (Å²) in [5.41, 5.74) is 2.04. The molecule has 0 saturated carbocycles. The number of carbonyl (C=O) groups excluding carboxylic acids is 1. The molecule has 0 aromatic heterocycles. The molecule has 0 saturated heterocycles. The van der Waals surface area contributed by atoms with Crippen LogP contribution in [0.4, 0.5) is 21.5 Å². The Morgan fingerprint density at radius 2 is 1.50 bits per heavy atom. The molecule has 0 aliphatic rings. The van der Waals surface area contributed by atoms with Gasteiger partial charge in [0, 0.05) is 25.8 Å². The first kappa shape index (κ1) is 26.9. The van der Waals surface area contributed by atoms with E-state index in [0.717, 1.165) is 24.6 Å². The predicted molar refractivity (Wildman–Crippen MR) is 142 cm³/mol. The Morgan fingerprint density at radius 1 is 0.833 bits per heavy atom. The molecule has 0 heterocycles. The highest BCUT2D eigenvalue weighted by atomic mass is 19.1. The molecule has 0 bridgehead atoms. The Balaban J connectivity index is 1.49. The average Bonchev–Trinajstić information content (AvgIpc) is 2.88. The van der Waals surface area contributed by atoms with Crippen LogP contribution in [0.5, 0.6) is 11.5 Å². The summed E-state index contributed by atoms with van der Waals surface area (Å²) in [4.78, 5) is 14.4. The number of rotatable bonds is 13. The summed E-state index contributed by atoms with van der Waals surface area (Å²) in [7, 11) is 3.89. The van der Waals surface area contributed by atoms with Crippen LogP contribution in [0.3, 0.4) is 0 Å². The van der Waals surface area contributed by atoms with Crippen LogP contribution in [0.2, 0.25) is 0 Å². The lowest BCUT2D eigenvalue weighted by Gasteiger charge is -2.11. The summed E-state index contributed by atoms with van der Waals surface area (Å²) in [5.74, 6) is -0.410. The molecule has 0 amide bonds. The van der Waals surface area contributed by atoms with Crippen LogP contribution in [0.25, 0.3) is 0 Å². The number of benzene rings is 3. The van der Waals surface area contributed by atoms with Crippen LogP contribution in [0.1, 0.15) is 55.8 Å². The van der Waals surface area contributed by atoms with Crippen LogP contribution in [-0.2, 0) is 0 Å². The first-order chi connectivity index (χ1) is 17.5. The van der Waals surface area contributed by atoms with E-state index in [0.29, 0.717) is 23.6 Å². The second kappa shape index (κ2) is 14.0. The normalized spacial score (nSPS) is 11.0. The number of hydrogen-bond donors (Lipinski definition) is 0. The van der Waals surface area contributed by atoms with Gasteiger partial charge in [-0.25, -0.2) is 9.18 Å². The molecule has 0 radical (unpaired) electrons. The Labute approximate surface area is 212 Å². The van der Waals surface area contributed by atoms with E-state index >= 15 is 0 Å². The second-order valence-electron chi connectivity index (χ2n) is 8.75. The van der Waals surface area contributed by atoms with Crippen molar-refractivity contribution < 1.29 is 18.7 Å². The van der Waals surface area contributed by atoms with Gasteiger partial charge < -0.3 is 14.4 Å². The quantitative estimate of drug-likeness (QED) is 0.104. The maximum atomic E-state index is 14.5. The van der Waals surface area contributed by atoms with E-state index in [1.807, 2.05) is 31.1 Å². The van der Waals surface area contributed by atoms with Crippen LogP contribution in [-0.4, -0.2) is 26.7 Å². The fourth-order valence-corrected chi connectivity index (χ4v) is 3.49. The van der Waals surface area contributed by atoms with Crippen molar-refractivity contribution in [3.05, 3.63) is 78.1 Å². The molecule has 3 aromatic carbocycles. The van der Waals surface area contributed by atoms with Crippen LogP contribution >= 0.6 is 0 Å². The number of esters is 1. The maximum Gasteiger partial charge on any atom is 0.343 e. The van der Waals surface area contributed by atoms with Gasteiger partial charge in [0.05, 0.1) is 17.9 Å². The molecule has 0 fully saturated rings. The number of nitrogens with zero attached hydrogens (tertiary/aromatic N) is 3. The Bertz CT molecular complexity index is 1130. The van der Waals surface area contributed by atoms with Crippen molar-refractivity contribution in [2.45, 2.75) is 45.4 Å². The summed E-state index contributed by atoms with van der Waals surface area (Å²) < 4.78 is 25.6. The fourth-order valence-electron chi connectivity index (χ4n) is 3.49. The van der Waals surface area contributed by atoms with Crippen molar-refractivity contribution in [3.63, 3.8) is 0 Å². The van der Waals surface area contributed by atoms with Crippen molar-refractivity contribution in [1.82, 2.24) is 0 Å². The van der Waals surface area contributed by atoms with Gasteiger partial charge in [0.2, 0.25) is 0 Å². The number of hydrogen-bond acceptors (Lipinski definition) is 6. The van der Waals surface area contributed by atoms with E-state index < -0.39 is 11.8 Å². The molecule has 36 heavy (non-hydrogen) atoms. The van der Waals surface area contributed by atoms with Gasteiger partial charge in [0.25, 0.3) is 0 Å². The van der Waals surface area contributed by atoms with Crippen LogP contribution in [0.15, 0.2) is 77.0 Å². The molecule has 0 N–H and O–H groups in total. The summed E-state index contributed by atoms with van der Waals surface area (Å²) in [6, 6.07) is 18.2. The first-order valence-corrected chi connectivity index (χ1v) is 12.4. The Hall–Kier alpha value is -3.74. The first-order valence-electron chi connectivity index (χ1n) is 12.4. The van der Waals surface area contributed by atoms with Crippen LogP contribution in [0, 0.1) is 5.82 Å². The molecular weight excluding hydrogens is 457 g/mol. The summed E-state index contributed by atoms with van der Waals surface area (Å²) in [6.45, 7) is 2.86. The van der Waals surface area contributed by atoms with Gasteiger partial charge in [-0.1, -0.05) is 39.0 Å². The SMILES string of the molecule is CCCCCCCCOc1ccc(C(=O)Oc2ccc(N=Nc3ccc(N(C)C)cc3)c(F)c2)cc1. The molecule has 190 valence electrons. The minimum absolute atomic E-state index is 0.0540. The minimum Gasteiger partial charge on any atom is -0.494 e. The van der Waals surface area contributed by atoms with E-state index in [4.69, 9.17) is 9.47 Å². The van der Waals surface area contributed by atoms with E-state index in [1.165, 1.54) is 37.8 Å². The van der Waals surface area contributed by atoms with Gasteiger partial charge in [0.1, 0.15) is 17.2 Å². The lowest BCUT2D eigenvalue weighted by molar-refractivity contribution is 0.0734. The predicted octanol–water partition coefficient (Wildman–Crippen LogP) is 8.27. The molecule has 0 atom stereocenters. The maximum absolute atomic E-state index is 14.5. The van der Waals surface area contributed by atoms with E-state index in [1.54, 1.807) is 36.4 Å². The lowest BCUT2D eigenvalue weighted by atomic mass is 10.1. The van der Waals surface area contributed by atoms with Crippen molar-refractivity contribution in [2.75, 3.05) is 25.6 Å². The number of anilines is 1. The van der Waals surface area contributed by atoms with Crippen molar-refractivity contribution >= 4 is 23.0 Å². The Morgan fingerprint density at radius 3 is 2.17 bits per heavy atom. The molecule has 0 unspecified atom stereocenters. The Kier molecular flexibility index (Phi) is 10.4. The summed E-state index contributed by atoms with van der Waals surface area (Å²) >= 11 is 0. The standard InChI is InChI=1S/C29H34FN3O3/c1-4-5-6-7-8-9-20-35-25-16-10-22(11-17-25)29(34)36-26-18-19-28(27(30)21-26)32-31-23-12-14-24(15-13-23)33(2)3/h10-19,21H,4-9,20H2,1-3H3. The molecular formula is C29H34FN3O3. The van der Waals surface area contributed by atoms with Gasteiger partial charge in [-0.05, 0) is 67.1 Å². The largest absolute Gasteiger partial charge is 0.494 e. The van der Waals surface area contributed by atoms with Gasteiger partial charge >= 0.3 is 5.97 Å². The zero-order valence-corrected chi connectivity index (χ0v) is 21.2. The van der Waals surface area contributed by atoms with Crippen molar-refractivity contribution in [2.24, 2.45) is 10.2 Å². The highest BCUT2D eigenvalue weighted by Gasteiger charge is 2.11. The third-order valence-corrected chi connectivity index (χ3v) is 5.63. The second-order valence-corrected chi connectivity index (χ2v) is 8.75. The van der Waals surface area contributed by atoms with E-state index in [2.05, 4.69) is 17.2 Å². The van der Waals surface area contributed by atoms with Gasteiger partial charge in [-0.3, -0.25) is 0 Å². The molecule has 0 aliphatic carbocycles. The summed E-state index contributed by atoms with van der Waals surface area (Å²) in [6.07, 6.45) is 7.20. The monoisotopic (exact) mass is 491 g/mol.